The first-order valence-corrected chi connectivity index (χ1v) is 8.28. The van der Waals surface area contributed by atoms with Crippen molar-refractivity contribution < 1.29 is 9.90 Å². The summed E-state index contributed by atoms with van der Waals surface area (Å²) >= 11 is 0. The maximum atomic E-state index is 11.8. The smallest absolute Gasteiger partial charge is 0.311 e. The Morgan fingerprint density at radius 1 is 1.08 bits per heavy atom. The second-order valence-corrected chi connectivity index (χ2v) is 7.53. The lowest BCUT2D eigenvalue weighted by molar-refractivity contribution is -0.138. The molecule has 0 saturated carbocycles. The molecule has 2 aromatic carbocycles. The third-order valence-corrected chi connectivity index (χ3v) is 4.34. The van der Waals surface area contributed by atoms with Gasteiger partial charge in [-0.1, -0.05) is 57.2 Å². The molecule has 0 fully saturated rings. The molecule has 0 spiro atoms. The zero-order chi connectivity index (χ0) is 17.9. The molecule has 1 N–H and O–H groups in total. The molecule has 0 aliphatic rings. The summed E-state index contributed by atoms with van der Waals surface area (Å²) in [4.78, 5) is 13.8. The number of anilines is 1. The van der Waals surface area contributed by atoms with Gasteiger partial charge in [-0.2, -0.15) is 0 Å². The monoisotopic (exact) mass is 325 g/mol. The van der Waals surface area contributed by atoms with Gasteiger partial charge in [0.15, 0.2) is 0 Å². The lowest BCUT2D eigenvalue weighted by atomic mass is 9.84. The summed E-state index contributed by atoms with van der Waals surface area (Å²) in [6.07, 6.45) is 0.492. The van der Waals surface area contributed by atoms with Gasteiger partial charge in [-0.15, -0.1) is 0 Å². The van der Waals surface area contributed by atoms with Crippen molar-refractivity contribution in [2.75, 3.05) is 19.0 Å². The molecule has 1 unspecified atom stereocenters. The summed E-state index contributed by atoms with van der Waals surface area (Å²) in [7, 11) is 3.97. The number of hydrogen-bond acceptors (Lipinski definition) is 2. The summed E-state index contributed by atoms with van der Waals surface area (Å²) < 4.78 is 0. The van der Waals surface area contributed by atoms with Crippen LogP contribution in [0, 0.1) is 0 Å². The molecule has 2 rings (SSSR count). The summed E-state index contributed by atoms with van der Waals surface area (Å²) in [5.41, 5.74) is 4.25. The molecule has 1 atom stereocenters. The molecule has 0 amide bonds. The SMILES string of the molecule is CN(C)c1cccc(CC(C(=O)O)c2ccc(C(C)(C)C)cc2)c1. The van der Waals surface area contributed by atoms with Gasteiger partial charge in [0, 0.05) is 19.8 Å². The second kappa shape index (κ2) is 7.08. The Morgan fingerprint density at radius 2 is 1.71 bits per heavy atom. The first-order chi connectivity index (χ1) is 11.2. The molecule has 0 aromatic heterocycles. The summed E-state index contributed by atoms with van der Waals surface area (Å²) in [6.45, 7) is 6.47. The van der Waals surface area contributed by atoms with Crippen LogP contribution < -0.4 is 4.90 Å². The van der Waals surface area contributed by atoms with E-state index < -0.39 is 11.9 Å². The van der Waals surface area contributed by atoms with Crippen molar-refractivity contribution in [2.24, 2.45) is 0 Å². The first-order valence-electron chi connectivity index (χ1n) is 8.28. The van der Waals surface area contributed by atoms with Gasteiger partial charge in [0.1, 0.15) is 0 Å². The van der Waals surface area contributed by atoms with E-state index in [0.717, 1.165) is 16.8 Å². The van der Waals surface area contributed by atoms with Crippen molar-refractivity contribution in [3.63, 3.8) is 0 Å². The molecule has 2 aromatic rings. The fourth-order valence-corrected chi connectivity index (χ4v) is 2.76. The first kappa shape index (κ1) is 18.1. The summed E-state index contributed by atoms with van der Waals surface area (Å²) in [5, 5.41) is 9.69. The lowest BCUT2D eigenvalue weighted by Crippen LogP contribution is -2.16. The van der Waals surface area contributed by atoms with Crippen LogP contribution in [0.25, 0.3) is 0 Å². The van der Waals surface area contributed by atoms with Crippen LogP contribution in [-0.2, 0) is 16.6 Å². The number of aliphatic carboxylic acids is 1. The topological polar surface area (TPSA) is 40.5 Å². The average Bonchev–Trinajstić information content (AvgIpc) is 2.52. The molecule has 0 aliphatic carbocycles. The predicted molar refractivity (Wildman–Crippen MR) is 100.0 cm³/mol. The van der Waals surface area contributed by atoms with Crippen LogP contribution in [0.1, 0.15) is 43.4 Å². The minimum atomic E-state index is -0.784. The highest BCUT2D eigenvalue weighted by atomic mass is 16.4. The quantitative estimate of drug-likeness (QED) is 0.882. The number of hydrogen-bond donors (Lipinski definition) is 1. The molecule has 0 radical (unpaired) electrons. The van der Waals surface area contributed by atoms with Gasteiger partial charge in [0.2, 0.25) is 0 Å². The van der Waals surface area contributed by atoms with Crippen LogP contribution in [0.15, 0.2) is 48.5 Å². The Bertz CT molecular complexity index is 697. The van der Waals surface area contributed by atoms with Crippen LogP contribution in [0.3, 0.4) is 0 Å². The molecule has 0 bridgehead atoms. The number of carboxylic acids is 1. The van der Waals surface area contributed by atoms with Crippen molar-refractivity contribution in [2.45, 2.75) is 38.5 Å². The Hall–Kier alpha value is -2.29. The van der Waals surface area contributed by atoms with Gasteiger partial charge in [-0.05, 0) is 40.7 Å². The van der Waals surface area contributed by atoms with E-state index in [9.17, 15) is 9.90 Å². The zero-order valence-electron chi connectivity index (χ0n) is 15.2. The molecular formula is C21H27NO2. The van der Waals surface area contributed by atoms with Crippen molar-refractivity contribution >= 4 is 11.7 Å². The minimum absolute atomic E-state index is 0.0668. The normalized spacial score (nSPS) is 12.7. The molecule has 24 heavy (non-hydrogen) atoms. The van der Waals surface area contributed by atoms with Crippen LogP contribution in [-0.4, -0.2) is 25.2 Å². The van der Waals surface area contributed by atoms with E-state index >= 15 is 0 Å². The zero-order valence-corrected chi connectivity index (χ0v) is 15.2. The van der Waals surface area contributed by atoms with Crippen LogP contribution >= 0.6 is 0 Å². The third-order valence-electron chi connectivity index (χ3n) is 4.34. The van der Waals surface area contributed by atoms with E-state index in [1.54, 1.807) is 0 Å². The standard InChI is InChI=1S/C21H27NO2/c1-21(2,3)17-11-9-16(10-12-17)19(20(23)24)14-15-7-6-8-18(13-15)22(4)5/h6-13,19H,14H2,1-5H3,(H,23,24). The molecule has 3 nitrogen and oxygen atoms in total. The highest BCUT2D eigenvalue weighted by molar-refractivity contribution is 5.76. The maximum absolute atomic E-state index is 11.8. The lowest BCUT2D eigenvalue weighted by Gasteiger charge is -2.20. The van der Waals surface area contributed by atoms with Crippen LogP contribution in [0.5, 0.6) is 0 Å². The van der Waals surface area contributed by atoms with Gasteiger partial charge in [-0.3, -0.25) is 4.79 Å². The number of benzene rings is 2. The highest BCUT2D eigenvalue weighted by Crippen LogP contribution is 2.27. The Morgan fingerprint density at radius 3 is 2.21 bits per heavy atom. The predicted octanol–water partition coefficient (Wildman–Crippen LogP) is 4.46. The molecular weight excluding hydrogens is 298 g/mol. The van der Waals surface area contributed by atoms with Crippen molar-refractivity contribution in [3.05, 3.63) is 65.2 Å². The maximum Gasteiger partial charge on any atom is 0.311 e. The molecule has 0 heterocycles. The average molecular weight is 325 g/mol. The van der Waals surface area contributed by atoms with Gasteiger partial charge < -0.3 is 10.0 Å². The van der Waals surface area contributed by atoms with E-state index in [-0.39, 0.29) is 5.41 Å². The van der Waals surface area contributed by atoms with Crippen molar-refractivity contribution in [3.8, 4) is 0 Å². The Kier molecular flexibility index (Phi) is 5.33. The number of rotatable bonds is 5. The van der Waals surface area contributed by atoms with Crippen molar-refractivity contribution in [1.82, 2.24) is 0 Å². The van der Waals surface area contributed by atoms with E-state index in [0.29, 0.717) is 6.42 Å². The van der Waals surface area contributed by atoms with Gasteiger partial charge in [0.05, 0.1) is 5.92 Å². The molecule has 0 saturated heterocycles. The minimum Gasteiger partial charge on any atom is -0.481 e. The number of nitrogens with zero attached hydrogens (tertiary/aromatic N) is 1. The Balaban J connectivity index is 2.27. The van der Waals surface area contributed by atoms with Crippen LogP contribution in [0.4, 0.5) is 5.69 Å². The van der Waals surface area contributed by atoms with Gasteiger partial charge >= 0.3 is 5.97 Å². The Labute approximate surface area is 144 Å². The van der Waals surface area contributed by atoms with E-state index in [1.165, 1.54) is 5.56 Å². The van der Waals surface area contributed by atoms with Gasteiger partial charge in [0.25, 0.3) is 0 Å². The number of carboxylic acid groups (broad SMARTS) is 1. The van der Waals surface area contributed by atoms with Crippen LogP contribution in [0.2, 0.25) is 0 Å². The third kappa shape index (κ3) is 4.38. The van der Waals surface area contributed by atoms with E-state index in [1.807, 2.05) is 61.5 Å². The summed E-state index contributed by atoms with van der Waals surface area (Å²) in [6, 6.07) is 16.0. The second-order valence-electron chi connectivity index (χ2n) is 7.53. The largest absolute Gasteiger partial charge is 0.481 e. The summed E-state index contributed by atoms with van der Waals surface area (Å²) in [5.74, 6) is -1.31. The fraction of sp³-hybridized carbons (Fsp3) is 0.381. The van der Waals surface area contributed by atoms with Gasteiger partial charge in [-0.25, -0.2) is 0 Å². The molecule has 0 aliphatic heterocycles. The molecule has 3 heteroatoms. The molecule has 128 valence electrons. The van der Waals surface area contributed by atoms with E-state index in [2.05, 4.69) is 26.8 Å². The number of carbonyl (C=O) groups is 1. The van der Waals surface area contributed by atoms with E-state index in [4.69, 9.17) is 0 Å². The fourth-order valence-electron chi connectivity index (χ4n) is 2.76. The van der Waals surface area contributed by atoms with Crippen molar-refractivity contribution in [1.29, 1.82) is 0 Å². The highest BCUT2D eigenvalue weighted by Gasteiger charge is 2.22.